The van der Waals surface area contributed by atoms with Crippen LogP contribution in [0.4, 0.5) is 4.39 Å². The molecular formula is C21H22FN5O4S. The molecule has 32 heavy (non-hydrogen) atoms. The molecule has 4 rings (SSSR count). The van der Waals surface area contributed by atoms with Crippen molar-refractivity contribution in [3.63, 3.8) is 0 Å². The number of likely N-dealkylation sites (tertiary alicyclic amines) is 1. The summed E-state index contributed by atoms with van der Waals surface area (Å²) in [6.07, 6.45) is 1.80. The van der Waals surface area contributed by atoms with Crippen LogP contribution < -0.4 is 9.46 Å². The van der Waals surface area contributed by atoms with Gasteiger partial charge in [-0.3, -0.25) is 4.79 Å². The molecule has 0 aliphatic carbocycles. The molecular weight excluding hydrogens is 437 g/mol. The van der Waals surface area contributed by atoms with Gasteiger partial charge in [0.05, 0.1) is 17.1 Å². The molecule has 1 saturated heterocycles. The van der Waals surface area contributed by atoms with Crippen molar-refractivity contribution in [2.24, 2.45) is 0 Å². The summed E-state index contributed by atoms with van der Waals surface area (Å²) in [6, 6.07) is 14.1. The third kappa shape index (κ3) is 5.29. The first-order chi connectivity index (χ1) is 15.4. The average Bonchev–Trinajstić information content (AvgIpc) is 3.20. The van der Waals surface area contributed by atoms with Crippen molar-refractivity contribution in [2.45, 2.75) is 24.0 Å². The van der Waals surface area contributed by atoms with Gasteiger partial charge in [-0.2, -0.15) is 0 Å². The Labute approximate surface area is 184 Å². The third-order valence-corrected chi connectivity index (χ3v) is 6.47. The highest BCUT2D eigenvalue weighted by molar-refractivity contribution is 7.89. The molecule has 1 aliphatic heterocycles. The summed E-state index contributed by atoms with van der Waals surface area (Å²) in [7, 11) is -3.86. The van der Waals surface area contributed by atoms with Crippen LogP contribution in [0.5, 0.6) is 5.75 Å². The van der Waals surface area contributed by atoms with E-state index in [-0.39, 0.29) is 29.8 Å². The number of aromatic nitrogens is 3. The number of hydrogen-bond acceptors (Lipinski definition) is 6. The summed E-state index contributed by atoms with van der Waals surface area (Å²) in [6.45, 7) is 1.17. The predicted octanol–water partition coefficient (Wildman–Crippen LogP) is 1.75. The Kier molecular flexibility index (Phi) is 6.47. The van der Waals surface area contributed by atoms with Gasteiger partial charge in [-0.25, -0.2) is 22.2 Å². The second-order valence-corrected chi connectivity index (χ2v) is 9.12. The third-order valence-electron chi connectivity index (χ3n) is 5.01. The number of para-hydroxylation sites is 1. The molecule has 1 aromatic heterocycles. The largest absolute Gasteiger partial charge is 0.487 e. The molecule has 2 heterocycles. The normalized spacial score (nSPS) is 14.2. The van der Waals surface area contributed by atoms with Crippen LogP contribution in [0, 0.1) is 5.82 Å². The van der Waals surface area contributed by atoms with Crippen LogP contribution in [0.3, 0.4) is 0 Å². The fourth-order valence-corrected chi connectivity index (χ4v) is 4.29. The number of rotatable bonds is 9. The molecule has 1 amide bonds. The monoisotopic (exact) mass is 459 g/mol. The zero-order valence-electron chi connectivity index (χ0n) is 17.1. The molecule has 1 N–H and O–H groups in total. The van der Waals surface area contributed by atoms with Crippen molar-refractivity contribution in [3.05, 3.63) is 72.3 Å². The number of carbonyl (C=O) groups is 1. The molecule has 9 nitrogen and oxygen atoms in total. The smallest absolute Gasteiger partial charge is 0.240 e. The van der Waals surface area contributed by atoms with E-state index in [0.717, 1.165) is 17.9 Å². The van der Waals surface area contributed by atoms with E-state index in [1.54, 1.807) is 15.8 Å². The van der Waals surface area contributed by atoms with Crippen molar-refractivity contribution in [1.82, 2.24) is 24.6 Å². The van der Waals surface area contributed by atoms with E-state index in [1.165, 1.54) is 12.1 Å². The molecule has 2 aromatic carbocycles. The summed E-state index contributed by atoms with van der Waals surface area (Å²) < 4.78 is 47.3. The molecule has 0 spiro atoms. The molecule has 0 radical (unpaired) electrons. The van der Waals surface area contributed by atoms with Gasteiger partial charge in [0.25, 0.3) is 0 Å². The molecule has 0 bridgehead atoms. The number of carbonyl (C=O) groups excluding carboxylic acids is 1. The topological polar surface area (TPSA) is 106 Å². The van der Waals surface area contributed by atoms with E-state index >= 15 is 0 Å². The first kappa shape index (κ1) is 21.9. The Morgan fingerprint density at radius 2 is 1.94 bits per heavy atom. The number of amides is 1. The molecule has 1 fully saturated rings. The molecule has 3 aromatic rings. The van der Waals surface area contributed by atoms with Crippen LogP contribution >= 0.6 is 0 Å². The lowest BCUT2D eigenvalue weighted by Crippen LogP contribution is -2.51. The molecule has 0 unspecified atom stereocenters. The van der Waals surface area contributed by atoms with Gasteiger partial charge >= 0.3 is 0 Å². The van der Waals surface area contributed by atoms with E-state index in [9.17, 15) is 17.6 Å². The summed E-state index contributed by atoms with van der Waals surface area (Å²) in [5, 5.41) is 8.20. The number of nitrogens with zero attached hydrogens (tertiary/aromatic N) is 4. The average molecular weight is 460 g/mol. The highest BCUT2D eigenvalue weighted by atomic mass is 32.2. The predicted molar refractivity (Wildman–Crippen MR) is 113 cm³/mol. The van der Waals surface area contributed by atoms with Crippen molar-refractivity contribution in [1.29, 1.82) is 0 Å². The van der Waals surface area contributed by atoms with Crippen molar-refractivity contribution in [2.75, 3.05) is 19.6 Å². The van der Waals surface area contributed by atoms with E-state index in [4.69, 9.17) is 4.74 Å². The highest BCUT2D eigenvalue weighted by Crippen LogP contribution is 2.21. The lowest BCUT2D eigenvalue weighted by molar-refractivity contribution is -0.137. The quantitative estimate of drug-likeness (QED) is 0.523. The Bertz CT molecular complexity index is 1180. The van der Waals surface area contributed by atoms with Crippen LogP contribution in [0.15, 0.2) is 65.7 Å². The van der Waals surface area contributed by atoms with Gasteiger partial charge in [0.15, 0.2) is 0 Å². The Hall–Kier alpha value is -3.31. The minimum atomic E-state index is -3.86. The van der Waals surface area contributed by atoms with E-state index in [2.05, 4.69) is 15.0 Å². The van der Waals surface area contributed by atoms with Gasteiger partial charge in [0.2, 0.25) is 15.9 Å². The minimum absolute atomic E-state index is 0.00872. The molecule has 0 saturated carbocycles. The SMILES string of the molecule is O=C(CCNS(=O)(=O)c1cccc(F)c1)N1CC(n2cc(COc3ccccc3)nn2)C1. The van der Waals surface area contributed by atoms with Crippen LogP contribution in [0.1, 0.15) is 18.2 Å². The number of halogens is 1. The number of nitrogens with one attached hydrogen (secondary N) is 1. The van der Waals surface area contributed by atoms with Crippen LogP contribution in [-0.2, 0) is 21.4 Å². The minimum Gasteiger partial charge on any atom is -0.487 e. The van der Waals surface area contributed by atoms with E-state index in [1.807, 2.05) is 30.3 Å². The van der Waals surface area contributed by atoms with Crippen LogP contribution in [0.25, 0.3) is 0 Å². The van der Waals surface area contributed by atoms with E-state index < -0.39 is 15.8 Å². The van der Waals surface area contributed by atoms with Crippen molar-refractivity contribution >= 4 is 15.9 Å². The van der Waals surface area contributed by atoms with Gasteiger partial charge in [0.1, 0.15) is 23.9 Å². The second kappa shape index (κ2) is 9.45. The lowest BCUT2D eigenvalue weighted by Gasteiger charge is -2.38. The fraction of sp³-hybridized carbons (Fsp3) is 0.286. The summed E-state index contributed by atoms with van der Waals surface area (Å²) >= 11 is 0. The van der Waals surface area contributed by atoms with Crippen molar-refractivity contribution < 1.29 is 22.3 Å². The van der Waals surface area contributed by atoms with Crippen molar-refractivity contribution in [3.8, 4) is 5.75 Å². The van der Waals surface area contributed by atoms with Crippen LogP contribution in [0.2, 0.25) is 0 Å². The molecule has 1 aliphatic rings. The van der Waals surface area contributed by atoms with Crippen LogP contribution in [-0.4, -0.2) is 53.9 Å². The number of benzene rings is 2. The first-order valence-electron chi connectivity index (χ1n) is 10.0. The first-order valence-corrected chi connectivity index (χ1v) is 11.5. The fourth-order valence-electron chi connectivity index (χ4n) is 3.23. The molecule has 0 atom stereocenters. The summed E-state index contributed by atoms with van der Waals surface area (Å²) in [5.41, 5.74) is 0.686. The Balaban J connectivity index is 1.20. The zero-order valence-corrected chi connectivity index (χ0v) is 17.9. The summed E-state index contributed by atoms with van der Waals surface area (Å²) in [4.78, 5) is 13.8. The van der Waals surface area contributed by atoms with Gasteiger partial charge in [0, 0.05) is 26.1 Å². The van der Waals surface area contributed by atoms with Gasteiger partial charge in [-0.05, 0) is 30.3 Å². The molecule has 168 valence electrons. The van der Waals surface area contributed by atoms with Gasteiger partial charge in [-0.15, -0.1) is 5.10 Å². The molecule has 11 heteroatoms. The maximum Gasteiger partial charge on any atom is 0.240 e. The number of hydrogen-bond donors (Lipinski definition) is 1. The second-order valence-electron chi connectivity index (χ2n) is 7.35. The Morgan fingerprint density at radius 3 is 2.69 bits per heavy atom. The standard InChI is InChI=1S/C21H22FN5O4S/c22-16-5-4-8-20(11-16)32(29,30)23-10-9-21(28)26-13-18(14-26)27-12-17(24-25-27)15-31-19-6-2-1-3-7-19/h1-8,11-12,18,23H,9-10,13-15H2. The van der Waals surface area contributed by atoms with E-state index in [0.29, 0.717) is 25.4 Å². The number of sulfonamides is 1. The highest BCUT2D eigenvalue weighted by Gasteiger charge is 2.32. The number of ether oxygens (including phenoxy) is 1. The lowest BCUT2D eigenvalue weighted by atomic mass is 10.1. The Morgan fingerprint density at radius 1 is 1.16 bits per heavy atom. The summed E-state index contributed by atoms with van der Waals surface area (Å²) in [5.74, 6) is -0.0649. The van der Waals surface area contributed by atoms with Gasteiger partial charge < -0.3 is 9.64 Å². The zero-order chi connectivity index (χ0) is 22.6. The van der Waals surface area contributed by atoms with Gasteiger partial charge in [-0.1, -0.05) is 29.5 Å². The maximum absolute atomic E-state index is 13.2. The maximum atomic E-state index is 13.2.